The highest BCUT2D eigenvalue weighted by atomic mass is 16.3. The van der Waals surface area contributed by atoms with Gasteiger partial charge >= 0.3 is 0 Å². The lowest BCUT2D eigenvalue weighted by molar-refractivity contribution is -0.106. The lowest BCUT2D eigenvalue weighted by Crippen LogP contribution is -2.23. The van der Waals surface area contributed by atoms with Crippen molar-refractivity contribution in [2.24, 2.45) is 0 Å². The molecule has 9 nitrogen and oxygen atoms in total. The molecule has 9 heteroatoms. The molecule has 1 heterocycles. The Kier molecular flexibility index (Phi) is 17.9. The third kappa shape index (κ3) is 13.7. The number of rotatable bonds is 10. The maximum Gasteiger partial charge on any atom is 0.125 e. The summed E-state index contributed by atoms with van der Waals surface area (Å²) in [4.78, 5) is 20.8. The largest absolute Gasteiger partial charge is 0.508 e. The van der Waals surface area contributed by atoms with Gasteiger partial charge in [-0.05, 0) is 86.5 Å². The second-order valence-corrected chi connectivity index (χ2v) is 8.90. The number of aliphatic hydroxyl groups is 2. The SMILES string of the molecule is C=O.CC=O.CNc1ccccn1.Cc1ccc(Nc2ccc(CCNCC(O)c3ccc(O)c(CO)c3)cc2)cc1. The van der Waals surface area contributed by atoms with Crippen LogP contribution in [0.25, 0.3) is 0 Å². The highest BCUT2D eigenvalue weighted by Crippen LogP contribution is 2.22. The van der Waals surface area contributed by atoms with Crippen LogP contribution in [-0.2, 0) is 22.6 Å². The summed E-state index contributed by atoms with van der Waals surface area (Å²) >= 11 is 0. The zero-order valence-corrected chi connectivity index (χ0v) is 24.5. The molecule has 0 aliphatic carbocycles. The van der Waals surface area contributed by atoms with Crippen LogP contribution in [0.4, 0.5) is 17.2 Å². The van der Waals surface area contributed by atoms with Crippen molar-refractivity contribution in [2.45, 2.75) is 33.0 Å². The minimum absolute atomic E-state index is 0.0386. The monoisotopic (exact) mass is 574 g/mol. The normalized spacial score (nSPS) is 10.3. The molecular weight excluding hydrogens is 532 g/mol. The van der Waals surface area contributed by atoms with Crippen molar-refractivity contribution in [2.75, 3.05) is 30.8 Å². The molecule has 4 rings (SSSR count). The van der Waals surface area contributed by atoms with Gasteiger partial charge in [-0.3, -0.25) is 0 Å². The van der Waals surface area contributed by atoms with Gasteiger partial charge < -0.3 is 40.9 Å². The number of aldehydes is 1. The molecule has 0 amide bonds. The quantitative estimate of drug-likeness (QED) is 0.115. The van der Waals surface area contributed by atoms with E-state index in [9.17, 15) is 15.3 Å². The van der Waals surface area contributed by atoms with Gasteiger partial charge in [0, 0.05) is 36.7 Å². The number of nitrogens with zero attached hydrogens (tertiary/aromatic N) is 1. The van der Waals surface area contributed by atoms with Crippen molar-refractivity contribution in [3.05, 3.63) is 113 Å². The summed E-state index contributed by atoms with van der Waals surface area (Å²) in [5.41, 5.74) is 5.66. The molecule has 0 fully saturated rings. The van der Waals surface area contributed by atoms with Crippen LogP contribution in [0.1, 0.15) is 35.3 Å². The first-order valence-corrected chi connectivity index (χ1v) is 13.4. The zero-order chi connectivity index (χ0) is 31.2. The number of anilines is 3. The summed E-state index contributed by atoms with van der Waals surface area (Å²) in [6.45, 7) is 6.41. The van der Waals surface area contributed by atoms with Gasteiger partial charge in [0.15, 0.2) is 0 Å². The number of carbonyl (C=O) groups is 2. The number of aromatic hydroxyl groups is 1. The fraction of sp³-hybridized carbons (Fsp3) is 0.242. The van der Waals surface area contributed by atoms with E-state index in [1.807, 2.05) is 32.0 Å². The molecule has 0 aliphatic rings. The molecule has 224 valence electrons. The summed E-state index contributed by atoms with van der Waals surface area (Å²) < 4.78 is 0. The molecule has 0 saturated carbocycles. The van der Waals surface area contributed by atoms with Crippen molar-refractivity contribution in [1.29, 1.82) is 0 Å². The molecular formula is C33H42N4O5. The first kappa shape index (κ1) is 35.5. The standard InChI is InChI=1S/C24H28N2O3.C6H8N2.C2H4O.CH2O/c1-17-2-7-21(8-3-17)26-22-9-4-18(5-10-22)12-13-25-15-24(29)19-6-11-23(28)20(14-19)16-27;1-7-6-4-2-3-5-8-6;1-2-3;1-2/h2-11,14,24-29H,12-13,15-16H2,1H3;2-5H,1H3,(H,7,8);2H,1H3;1H2. The van der Waals surface area contributed by atoms with Gasteiger partial charge in [-0.15, -0.1) is 0 Å². The van der Waals surface area contributed by atoms with E-state index in [4.69, 9.17) is 9.59 Å². The molecule has 3 aromatic carbocycles. The van der Waals surface area contributed by atoms with Crippen LogP contribution < -0.4 is 16.0 Å². The average Bonchev–Trinajstić information content (AvgIpc) is 3.03. The minimum atomic E-state index is -0.693. The van der Waals surface area contributed by atoms with Gasteiger partial charge in [-0.25, -0.2) is 4.98 Å². The van der Waals surface area contributed by atoms with E-state index in [1.54, 1.807) is 18.3 Å². The maximum absolute atomic E-state index is 10.3. The molecule has 0 bridgehead atoms. The number of aryl methyl sites for hydroxylation is 1. The first-order chi connectivity index (χ1) is 20.4. The summed E-state index contributed by atoms with van der Waals surface area (Å²) in [6.07, 6.45) is 2.67. The Labute approximate surface area is 248 Å². The number of benzene rings is 3. The van der Waals surface area contributed by atoms with Gasteiger partial charge in [-0.2, -0.15) is 0 Å². The third-order valence-electron chi connectivity index (χ3n) is 5.80. The summed E-state index contributed by atoms with van der Waals surface area (Å²) in [5, 5.41) is 38.7. The Morgan fingerprint density at radius 2 is 1.57 bits per heavy atom. The molecule has 0 spiro atoms. The molecule has 1 atom stereocenters. The Balaban J connectivity index is 0.000000566. The number of aliphatic hydroxyl groups excluding tert-OH is 2. The lowest BCUT2D eigenvalue weighted by Gasteiger charge is -2.14. The second kappa shape index (κ2) is 21.2. The Morgan fingerprint density at radius 1 is 0.952 bits per heavy atom. The maximum atomic E-state index is 10.3. The third-order valence-corrected chi connectivity index (χ3v) is 5.80. The van der Waals surface area contributed by atoms with Crippen molar-refractivity contribution < 1.29 is 24.9 Å². The topological polar surface area (TPSA) is 144 Å². The van der Waals surface area contributed by atoms with Crippen LogP contribution in [0.3, 0.4) is 0 Å². The lowest BCUT2D eigenvalue weighted by atomic mass is 10.1. The molecule has 0 saturated heterocycles. The van der Waals surface area contributed by atoms with Crippen LogP contribution in [-0.4, -0.2) is 53.5 Å². The van der Waals surface area contributed by atoms with Gasteiger partial charge in [0.25, 0.3) is 0 Å². The van der Waals surface area contributed by atoms with E-state index in [1.165, 1.54) is 24.1 Å². The van der Waals surface area contributed by atoms with E-state index in [0.717, 1.165) is 36.4 Å². The summed E-state index contributed by atoms with van der Waals surface area (Å²) in [7, 11) is 1.85. The zero-order valence-electron chi connectivity index (χ0n) is 24.5. The number of hydrogen-bond acceptors (Lipinski definition) is 9. The van der Waals surface area contributed by atoms with E-state index >= 15 is 0 Å². The number of hydrogen-bond donors (Lipinski definition) is 6. The molecule has 0 aliphatic heterocycles. The molecule has 4 aromatic rings. The Bertz CT molecular complexity index is 1270. The summed E-state index contributed by atoms with van der Waals surface area (Å²) in [6, 6.07) is 27.2. The van der Waals surface area contributed by atoms with Crippen molar-refractivity contribution >= 4 is 30.3 Å². The fourth-order valence-corrected chi connectivity index (χ4v) is 3.60. The van der Waals surface area contributed by atoms with Gasteiger partial charge in [0.1, 0.15) is 24.6 Å². The van der Waals surface area contributed by atoms with Gasteiger partial charge in [0.2, 0.25) is 0 Å². The Hall–Kier alpha value is -4.57. The molecule has 1 unspecified atom stereocenters. The smallest absolute Gasteiger partial charge is 0.125 e. The minimum Gasteiger partial charge on any atom is -0.508 e. The number of pyridine rings is 1. The van der Waals surface area contributed by atoms with Crippen LogP contribution >= 0.6 is 0 Å². The van der Waals surface area contributed by atoms with Crippen LogP contribution in [0, 0.1) is 6.92 Å². The predicted octanol–water partition coefficient (Wildman–Crippen LogP) is 4.95. The second-order valence-electron chi connectivity index (χ2n) is 8.90. The van der Waals surface area contributed by atoms with E-state index < -0.39 is 6.10 Å². The number of nitrogens with one attached hydrogen (secondary N) is 3. The molecule has 6 N–H and O–H groups in total. The van der Waals surface area contributed by atoms with Crippen LogP contribution in [0.2, 0.25) is 0 Å². The van der Waals surface area contributed by atoms with Crippen molar-refractivity contribution in [3.63, 3.8) is 0 Å². The average molecular weight is 575 g/mol. The van der Waals surface area contributed by atoms with E-state index in [2.05, 4.69) is 76.4 Å². The van der Waals surface area contributed by atoms with Gasteiger partial charge in [0.05, 0.1) is 12.7 Å². The molecule has 1 aromatic heterocycles. The number of carbonyl (C=O) groups excluding carboxylic acids is 2. The first-order valence-electron chi connectivity index (χ1n) is 13.4. The van der Waals surface area contributed by atoms with Crippen LogP contribution in [0.5, 0.6) is 5.75 Å². The Morgan fingerprint density at radius 3 is 2.10 bits per heavy atom. The van der Waals surface area contributed by atoms with E-state index in [0.29, 0.717) is 17.7 Å². The molecule has 0 radical (unpaired) electrons. The van der Waals surface area contributed by atoms with Crippen molar-refractivity contribution in [1.82, 2.24) is 10.3 Å². The fourth-order valence-electron chi connectivity index (χ4n) is 3.60. The number of aromatic nitrogens is 1. The number of phenols is 1. The van der Waals surface area contributed by atoms with Gasteiger partial charge in [-0.1, -0.05) is 42.0 Å². The highest BCUT2D eigenvalue weighted by Gasteiger charge is 2.10. The predicted molar refractivity (Wildman–Crippen MR) is 169 cm³/mol. The molecule has 42 heavy (non-hydrogen) atoms. The van der Waals surface area contributed by atoms with E-state index in [-0.39, 0.29) is 12.4 Å². The van der Waals surface area contributed by atoms with Crippen LogP contribution in [0.15, 0.2) is 91.1 Å². The summed E-state index contributed by atoms with van der Waals surface area (Å²) in [5.74, 6) is 0.948. The van der Waals surface area contributed by atoms with Crippen molar-refractivity contribution in [3.8, 4) is 5.75 Å². The highest BCUT2D eigenvalue weighted by molar-refractivity contribution is 5.60.